The summed E-state index contributed by atoms with van der Waals surface area (Å²) < 4.78 is 43.4. The molecule has 8 nitrogen and oxygen atoms in total. The van der Waals surface area contributed by atoms with E-state index in [2.05, 4.69) is 9.97 Å². The zero-order chi connectivity index (χ0) is 26.8. The molecule has 2 N–H and O–H groups in total. The van der Waals surface area contributed by atoms with Crippen LogP contribution in [-0.4, -0.2) is 40.9 Å². The summed E-state index contributed by atoms with van der Waals surface area (Å²) in [5.74, 6) is -2.58. The predicted molar refractivity (Wildman–Crippen MR) is 130 cm³/mol. The zero-order valence-electron chi connectivity index (χ0n) is 19.6. The summed E-state index contributed by atoms with van der Waals surface area (Å²) in [7, 11) is 0. The van der Waals surface area contributed by atoms with Crippen LogP contribution in [0, 0.1) is 0 Å². The van der Waals surface area contributed by atoms with Gasteiger partial charge in [0.2, 0.25) is 17.7 Å². The van der Waals surface area contributed by atoms with Crippen LogP contribution in [0.5, 0.6) is 11.8 Å². The molecule has 192 valence electrons. The van der Waals surface area contributed by atoms with Gasteiger partial charge < -0.3 is 14.8 Å². The van der Waals surface area contributed by atoms with Crippen LogP contribution in [0.15, 0.2) is 60.8 Å². The van der Waals surface area contributed by atoms with Gasteiger partial charge in [-0.05, 0) is 29.8 Å². The molecule has 1 aliphatic carbocycles. The number of carbonyl (C=O) groups is 2. The Balaban J connectivity index is 1.58. The molecule has 38 heavy (non-hydrogen) atoms. The maximum absolute atomic E-state index is 13.6. The number of hydrogen-bond donors (Lipinski definition) is 2. The molecule has 0 radical (unpaired) electrons. The Labute approximate surface area is 212 Å². The highest BCUT2D eigenvalue weighted by atomic mass is 19.4. The first-order chi connectivity index (χ1) is 18.1. The third kappa shape index (κ3) is 3.69. The summed E-state index contributed by atoms with van der Waals surface area (Å²) in [6.07, 6.45) is -2.75. The molecule has 0 aliphatic heterocycles. The molecular weight excluding hydrogens is 501 g/mol. The fraction of sp³-hybridized carbons (Fsp3) is 0.185. The fourth-order valence-electron chi connectivity index (χ4n) is 5.12. The summed E-state index contributed by atoms with van der Waals surface area (Å²) in [6.45, 7) is -0.0641. The van der Waals surface area contributed by atoms with Crippen LogP contribution in [0.4, 0.5) is 13.2 Å². The Bertz CT molecular complexity index is 1730. The highest BCUT2D eigenvalue weighted by Crippen LogP contribution is 2.38. The first-order valence-corrected chi connectivity index (χ1v) is 11.7. The van der Waals surface area contributed by atoms with E-state index in [-0.39, 0.29) is 59.9 Å². The van der Waals surface area contributed by atoms with Gasteiger partial charge in [0, 0.05) is 54.0 Å². The van der Waals surface area contributed by atoms with Crippen molar-refractivity contribution in [2.24, 2.45) is 0 Å². The number of hydrogen-bond acceptors (Lipinski definition) is 6. The van der Waals surface area contributed by atoms with Gasteiger partial charge in [-0.2, -0.15) is 13.2 Å². The Morgan fingerprint density at radius 3 is 2.26 bits per heavy atom. The van der Waals surface area contributed by atoms with E-state index in [9.17, 15) is 33.0 Å². The van der Waals surface area contributed by atoms with Gasteiger partial charge in [0.05, 0.1) is 16.8 Å². The molecule has 6 rings (SSSR count). The van der Waals surface area contributed by atoms with Crippen molar-refractivity contribution < 1.29 is 33.0 Å². The van der Waals surface area contributed by atoms with Crippen LogP contribution < -0.4 is 0 Å². The van der Waals surface area contributed by atoms with Crippen molar-refractivity contribution >= 4 is 33.4 Å². The van der Waals surface area contributed by atoms with Gasteiger partial charge in [0.25, 0.3) is 0 Å². The minimum absolute atomic E-state index is 0.0641. The van der Waals surface area contributed by atoms with Gasteiger partial charge in [-0.25, -0.2) is 14.5 Å². The summed E-state index contributed by atoms with van der Waals surface area (Å²) in [5.41, 5.74) is 0.389. The lowest BCUT2D eigenvalue weighted by Gasteiger charge is -2.16. The topological polar surface area (TPSA) is 110 Å². The molecule has 3 aromatic heterocycles. The minimum Gasteiger partial charge on any atom is -0.494 e. The third-order valence-electron chi connectivity index (χ3n) is 6.87. The Kier molecular flexibility index (Phi) is 5.26. The SMILES string of the molecule is O=C1CCC(=O)C1c1nc(-n2c(O)ccc2O)nc2ccc3c(ccn3Cc3ccccc3C(F)(F)F)c12. The van der Waals surface area contributed by atoms with Crippen molar-refractivity contribution in [3.63, 3.8) is 0 Å². The number of ketones is 2. The molecule has 5 aromatic rings. The van der Waals surface area contributed by atoms with E-state index >= 15 is 0 Å². The lowest BCUT2D eigenvalue weighted by atomic mass is 9.96. The van der Waals surface area contributed by atoms with Gasteiger partial charge in [0.15, 0.2) is 0 Å². The Morgan fingerprint density at radius 1 is 0.895 bits per heavy atom. The average molecular weight is 520 g/mol. The van der Waals surface area contributed by atoms with Crippen LogP contribution in [0.1, 0.15) is 35.6 Å². The first-order valence-electron chi connectivity index (χ1n) is 11.7. The number of nitrogens with zero attached hydrogens (tertiary/aromatic N) is 4. The Morgan fingerprint density at radius 2 is 1.58 bits per heavy atom. The predicted octanol–water partition coefficient (Wildman–Crippen LogP) is 4.87. The third-order valence-corrected chi connectivity index (χ3v) is 6.87. The largest absolute Gasteiger partial charge is 0.494 e. The van der Waals surface area contributed by atoms with Gasteiger partial charge >= 0.3 is 6.18 Å². The smallest absolute Gasteiger partial charge is 0.416 e. The zero-order valence-corrected chi connectivity index (χ0v) is 19.6. The highest BCUT2D eigenvalue weighted by Gasteiger charge is 2.38. The van der Waals surface area contributed by atoms with E-state index in [4.69, 9.17) is 0 Å². The number of alkyl halides is 3. The molecule has 0 amide bonds. The van der Waals surface area contributed by atoms with Crippen molar-refractivity contribution in [1.29, 1.82) is 0 Å². The second kappa shape index (κ2) is 8.44. The van der Waals surface area contributed by atoms with Crippen LogP contribution >= 0.6 is 0 Å². The highest BCUT2D eigenvalue weighted by molar-refractivity contribution is 6.17. The number of rotatable bonds is 4. The van der Waals surface area contributed by atoms with E-state index < -0.39 is 17.7 Å². The molecule has 11 heteroatoms. The van der Waals surface area contributed by atoms with E-state index in [0.29, 0.717) is 21.8 Å². The number of aromatic hydroxyl groups is 2. The van der Waals surface area contributed by atoms with E-state index in [1.54, 1.807) is 35.0 Å². The molecule has 1 fully saturated rings. The molecule has 3 heterocycles. The fourth-order valence-corrected chi connectivity index (χ4v) is 5.12. The lowest BCUT2D eigenvalue weighted by Crippen LogP contribution is -2.16. The normalized spacial score (nSPS) is 14.8. The second-order valence-electron chi connectivity index (χ2n) is 9.15. The molecule has 0 atom stereocenters. The average Bonchev–Trinajstić information content (AvgIpc) is 3.54. The maximum atomic E-state index is 13.6. The number of Topliss-reactive ketones (excluding diaryl/α,β-unsaturated/α-hetero) is 2. The molecule has 1 aliphatic rings. The standard InChI is InChI=1S/C27H19F3N4O4/c28-27(29,30)16-4-2-1-3-14(16)13-33-12-11-15-18(33)6-5-17-23(15)25(24-19(35)7-8-20(24)36)32-26(31-17)34-21(37)9-10-22(34)38/h1-6,9-12,24,37-38H,7-8,13H2. The molecule has 0 bridgehead atoms. The van der Waals surface area contributed by atoms with Gasteiger partial charge in [-0.1, -0.05) is 18.2 Å². The number of carbonyl (C=O) groups excluding carboxylic acids is 2. The monoisotopic (exact) mass is 520 g/mol. The van der Waals surface area contributed by atoms with Crippen molar-refractivity contribution in [1.82, 2.24) is 19.1 Å². The van der Waals surface area contributed by atoms with E-state index in [0.717, 1.165) is 10.6 Å². The molecule has 2 aromatic carbocycles. The van der Waals surface area contributed by atoms with E-state index in [1.807, 2.05) is 0 Å². The van der Waals surface area contributed by atoms with Crippen LogP contribution in [0.2, 0.25) is 0 Å². The molecule has 1 saturated carbocycles. The quantitative estimate of drug-likeness (QED) is 0.327. The van der Waals surface area contributed by atoms with E-state index in [1.165, 1.54) is 24.3 Å². The van der Waals surface area contributed by atoms with Gasteiger partial charge in [-0.15, -0.1) is 0 Å². The lowest BCUT2D eigenvalue weighted by molar-refractivity contribution is -0.138. The van der Waals surface area contributed by atoms with Gasteiger partial charge in [0.1, 0.15) is 17.5 Å². The summed E-state index contributed by atoms with van der Waals surface area (Å²) in [4.78, 5) is 34.5. The molecule has 0 unspecified atom stereocenters. The first kappa shape index (κ1) is 23.7. The van der Waals surface area contributed by atoms with Crippen molar-refractivity contribution in [3.8, 4) is 17.7 Å². The van der Waals surface area contributed by atoms with Crippen molar-refractivity contribution in [2.45, 2.75) is 31.5 Å². The van der Waals surface area contributed by atoms with Crippen molar-refractivity contribution in [2.75, 3.05) is 0 Å². The molecular formula is C27H19F3N4O4. The summed E-state index contributed by atoms with van der Waals surface area (Å²) in [5, 5.41) is 21.4. The number of fused-ring (bicyclic) bond motifs is 3. The minimum atomic E-state index is -4.51. The molecule has 0 saturated heterocycles. The number of halogens is 3. The maximum Gasteiger partial charge on any atom is 0.416 e. The van der Waals surface area contributed by atoms with Crippen LogP contribution in [-0.2, 0) is 22.3 Å². The van der Waals surface area contributed by atoms with Crippen LogP contribution in [0.25, 0.3) is 27.8 Å². The summed E-state index contributed by atoms with van der Waals surface area (Å²) in [6, 6.07) is 12.8. The van der Waals surface area contributed by atoms with Crippen molar-refractivity contribution in [3.05, 3.63) is 77.6 Å². The summed E-state index contributed by atoms with van der Waals surface area (Å²) >= 11 is 0. The molecule has 0 spiro atoms. The number of benzene rings is 2. The number of aromatic nitrogens is 4. The Hall–Kier alpha value is -4.67. The van der Waals surface area contributed by atoms with Crippen LogP contribution in [0.3, 0.4) is 0 Å². The second-order valence-corrected chi connectivity index (χ2v) is 9.15. The van der Waals surface area contributed by atoms with Gasteiger partial charge in [-0.3, -0.25) is 9.59 Å².